The van der Waals surface area contributed by atoms with Gasteiger partial charge in [-0.15, -0.1) is 0 Å². The smallest absolute Gasteiger partial charge is 0.317 e. The minimum atomic E-state index is -0.0555. The van der Waals surface area contributed by atoms with E-state index < -0.39 is 0 Å². The van der Waals surface area contributed by atoms with Crippen LogP contribution < -0.4 is 10.2 Å². The van der Waals surface area contributed by atoms with Gasteiger partial charge < -0.3 is 15.1 Å². The first-order chi connectivity index (χ1) is 9.16. The quantitative estimate of drug-likeness (QED) is 0.907. The molecule has 2 rings (SSSR count). The summed E-state index contributed by atoms with van der Waals surface area (Å²) in [6.07, 6.45) is 3.94. The number of rotatable bonds is 3. The van der Waals surface area contributed by atoms with Gasteiger partial charge in [0.05, 0.1) is 0 Å². The molecule has 0 aromatic heterocycles. The van der Waals surface area contributed by atoms with Gasteiger partial charge in [-0.1, -0.05) is 12.1 Å². The molecule has 1 N–H and O–H groups in total. The first-order valence-corrected chi connectivity index (χ1v) is 6.96. The predicted octanol–water partition coefficient (Wildman–Crippen LogP) is 2.45. The first-order valence-electron chi connectivity index (χ1n) is 6.96. The molecule has 0 saturated carbocycles. The number of anilines is 1. The molecule has 0 aliphatic carbocycles. The third-order valence-corrected chi connectivity index (χ3v) is 3.51. The van der Waals surface area contributed by atoms with Gasteiger partial charge in [0.2, 0.25) is 0 Å². The summed E-state index contributed by atoms with van der Waals surface area (Å²) in [6.45, 7) is 2.91. The Balaban J connectivity index is 1.89. The lowest BCUT2D eigenvalue weighted by molar-refractivity contribution is 0.217. The summed E-state index contributed by atoms with van der Waals surface area (Å²) in [4.78, 5) is 15.4. The van der Waals surface area contributed by atoms with Gasteiger partial charge in [-0.2, -0.15) is 0 Å². The Bertz CT molecular complexity index is 408. The number of nitrogens with zero attached hydrogens (tertiary/aromatic N) is 2. The number of carbonyl (C=O) groups excluding carboxylic acids is 1. The van der Waals surface area contributed by atoms with E-state index in [1.165, 1.54) is 24.9 Å². The Hall–Kier alpha value is -1.71. The Morgan fingerprint density at radius 3 is 2.37 bits per heavy atom. The van der Waals surface area contributed by atoms with E-state index in [1.54, 1.807) is 19.0 Å². The molecule has 4 nitrogen and oxygen atoms in total. The minimum absolute atomic E-state index is 0.0555. The largest absolute Gasteiger partial charge is 0.372 e. The van der Waals surface area contributed by atoms with Crippen molar-refractivity contribution >= 4 is 11.7 Å². The predicted molar refractivity (Wildman–Crippen MR) is 78.4 cm³/mol. The average Bonchev–Trinajstić information content (AvgIpc) is 2.46. The van der Waals surface area contributed by atoms with E-state index in [9.17, 15) is 4.79 Å². The van der Waals surface area contributed by atoms with Gasteiger partial charge in [0.25, 0.3) is 0 Å². The summed E-state index contributed by atoms with van der Waals surface area (Å²) in [5, 5.41) is 2.87. The molecular formula is C15H23N3O. The van der Waals surface area contributed by atoms with Crippen LogP contribution in [0.1, 0.15) is 24.8 Å². The summed E-state index contributed by atoms with van der Waals surface area (Å²) in [6, 6.07) is 8.45. The SMILES string of the molecule is CN(C)C(=O)NCc1ccc(N2CCCCC2)cc1. The number of amides is 2. The molecule has 1 aliphatic rings. The number of benzene rings is 1. The molecule has 1 aromatic carbocycles. The molecule has 1 aliphatic heterocycles. The van der Waals surface area contributed by atoms with Crippen molar-refractivity contribution in [2.75, 3.05) is 32.1 Å². The standard InChI is InChI=1S/C15H23N3O/c1-17(2)15(19)16-12-13-6-8-14(9-7-13)18-10-4-3-5-11-18/h6-9H,3-5,10-12H2,1-2H3,(H,16,19). The van der Waals surface area contributed by atoms with Crippen LogP contribution >= 0.6 is 0 Å². The lowest BCUT2D eigenvalue weighted by Gasteiger charge is -2.28. The molecule has 0 bridgehead atoms. The number of urea groups is 1. The Kier molecular flexibility index (Phi) is 4.66. The van der Waals surface area contributed by atoms with Crippen LogP contribution in [0.3, 0.4) is 0 Å². The maximum absolute atomic E-state index is 11.4. The monoisotopic (exact) mass is 261 g/mol. The summed E-state index contributed by atoms with van der Waals surface area (Å²) < 4.78 is 0. The van der Waals surface area contributed by atoms with Crippen molar-refractivity contribution in [1.29, 1.82) is 0 Å². The molecule has 19 heavy (non-hydrogen) atoms. The Morgan fingerprint density at radius 1 is 1.16 bits per heavy atom. The highest BCUT2D eigenvalue weighted by Gasteiger charge is 2.10. The van der Waals surface area contributed by atoms with Crippen LogP contribution in [-0.2, 0) is 6.54 Å². The zero-order valence-electron chi connectivity index (χ0n) is 11.9. The summed E-state index contributed by atoms with van der Waals surface area (Å²) in [5.41, 5.74) is 2.43. The third-order valence-electron chi connectivity index (χ3n) is 3.51. The van der Waals surface area contributed by atoms with E-state index in [4.69, 9.17) is 0 Å². The number of hydrogen-bond donors (Lipinski definition) is 1. The fourth-order valence-corrected chi connectivity index (χ4v) is 2.31. The summed E-state index contributed by atoms with van der Waals surface area (Å²) in [7, 11) is 3.49. The van der Waals surface area contributed by atoms with Gasteiger partial charge in [-0.3, -0.25) is 0 Å². The normalized spacial score (nSPS) is 15.2. The summed E-state index contributed by atoms with van der Waals surface area (Å²) in [5.74, 6) is 0. The van der Waals surface area contributed by atoms with Crippen molar-refractivity contribution in [3.05, 3.63) is 29.8 Å². The van der Waals surface area contributed by atoms with E-state index in [0.717, 1.165) is 18.7 Å². The maximum Gasteiger partial charge on any atom is 0.317 e. The fraction of sp³-hybridized carbons (Fsp3) is 0.533. The lowest BCUT2D eigenvalue weighted by atomic mass is 10.1. The van der Waals surface area contributed by atoms with Crippen molar-refractivity contribution in [2.24, 2.45) is 0 Å². The van der Waals surface area contributed by atoms with Gasteiger partial charge in [0.1, 0.15) is 0 Å². The first kappa shape index (κ1) is 13.7. The second kappa shape index (κ2) is 6.45. The molecule has 2 amide bonds. The van der Waals surface area contributed by atoms with Crippen LogP contribution in [0.2, 0.25) is 0 Å². The molecule has 0 radical (unpaired) electrons. The molecular weight excluding hydrogens is 238 g/mol. The van der Waals surface area contributed by atoms with E-state index >= 15 is 0 Å². The van der Waals surface area contributed by atoms with Crippen molar-refractivity contribution < 1.29 is 4.79 Å². The maximum atomic E-state index is 11.4. The van der Waals surface area contributed by atoms with Crippen molar-refractivity contribution in [2.45, 2.75) is 25.8 Å². The Labute approximate surface area is 115 Å². The zero-order chi connectivity index (χ0) is 13.7. The summed E-state index contributed by atoms with van der Waals surface area (Å²) >= 11 is 0. The minimum Gasteiger partial charge on any atom is -0.372 e. The topological polar surface area (TPSA) is 35.6 Å². The molecule has 0 atom stereocenters. The van der Waals surface area contributed by atoms with Crippen LogP contribution in [0, 0.1) is 0 Å². The number of piperidine rings is 1. The highest BCUT2D eigenvalue weighted by molar-refractivity contribution is 5.73. The molecule has 104 valence electrons. The molecule has 1 heterocycles. The van der Waals surface area contributed by atoms with Gasteiger partial charge in [0, 0.05) is 39.4 Å². The van der Waals surface area contributed by atoms with Gasteiger partial charge in [0.15, 0.2) is 0 Å². The number of nitrogens with one attached hydrogen (secondary N) is 1. The lowest BCUT2D eigenvalue weighted by Crippen LogP contribution is -2.34. The van der Waals surface area contributed by atoms with E-state index in [1.807, 2.05) is 0 Å². The van der Waals surface area contributed by atoms with E-state index in [0.29, 0.717) is 6.54 Å². The van der Waals surface area contributed by atoms with Gasteiger partial charge in [-0.25, -0.2) is 4.79 Å². The van der Waals surface area contributed by atoms with Crippen LogP contribution in [-0.4, -0.2) is 38.1 Å². The van der Waals surface area contributed by atoms with Gasteiger partial charge >= 0.3 is 6.03 Å². The fourth-order valence-electron chi connectivity index (χ4n) is 2.31. The number of hydrogen-bond acceptors (Lipinski definition) is 2. The zero-order valence-corrected chi connectivity index (χ0v) is 11.9. The van der Waals surface area contributed by atoms with Crippen molar-refractivity contribution in [3.63, 3.8) is 0 Å². The van der Waals surface area contributed by atoms with Crippen molar-refractivity contribution in [1.82, 2.24) is 10.2 Å². The number of carbonyl (C=O) groups is 1. The van der Waals surface area contributed by atoms with Crippen molar-refractivity contribution in [3.8, 4) is 0 Å². The molecule has 0 spiro atoms. The molecule has 1 saturated heterocycles. The average molecular weight is 261 g/mol. The molecule has 1 fully saturated rings. The van der Waals surface area contributed by atoms with Crippen LogP contribution in [0.4, 0.5) is 10.5 Å². The molecule has 0 unspecified atom stereocenters. The second-order valence-corrected chi connectivity index (χ2v) is 5.27. The highest BCUT2D eigenvalue weighted by Crippen LogP contribution is 2.20. The van der Waals surface area contributed by atoms with Crippen LogP contribution in [0.15, 0.2) is 24.3 Å². The molecule has 4 heteroatoms. The molecule has 1 aromatic rings. The van der Waals surface area contributed by atoms with Crippen LogP contribution in [0.25, 0.3) is 0 Å². The second-order valence-electron chi connectivity index (χ2n) is 5.27. The Morgan fingerprint density at radius 2 is 1.79 bits per heavy atom. The third kappa shape index (κ3) is 3.88. The highest BCUT2D eigenvalue weighted by atomic mass is 16.2. The van der Waals surface area contributed by atoms with E-state index in [-0.39, 0.29) is 6.03 Å². The van der Waals surface area contributed by atoms with E-state index in [2.05, 4.69) is 34.5 Å². The van der Waals surface area contributed by atoms with Gasteiger partial charge in [-0.05, 0) is 37.0 Å². The van der Waals surface area contributed by atoms with Crippen LogP contribution in [0.5, 0.6) is 0 Å².